The number of allylic oxidation sites excluding steroid dienone is 2. The fourth-order valence-electron chi connectivity index (χ4n) is 1.17. The molecule has 4 heteroatoms. The number of nitriles is 2. The molecule has 0 atom stereocenters. The summed E-state index contributed by atoms with van der Waals surface area (Å²) in [4.78, 5) is 0. The minimum Gasteiger partial charge on any atom is -0.206 e. The first-order valence-electron chi connectivity index (χ1n) is 4.07. The maximum Gasteiger partial charge on any atom is 0.133 e. The molecule has 1 aromatic rings. The molecule has 0 heterocycles. The molecule has 0 amide bonds. The third-order valence-corrected chi connectivity index (χ3v) is 1.94. The van der Waals surface area contributed by atoms with Crippen molar-refractivity contribution in [2.24, 2.45) is 0 Å². The van der Waals surface area contributed by atoms with Crippen molar-refractivity contribution in [3.05, 3.63) is 41.0 Å². The Bertz CT molecular complexity index is 468. The van der Waals surface area contributed by atoms with E-state index in [1.165, 1.54) is 13.0 Å². The van der Waals surface area contributed by atoms with Crippen LogP contribution in [0, 0.1) is 34.3 Å². The van der Waals surface area contributed by atoms with Crippen LogP contribution in [0.1, 0.15) is 12.5 Å². The molecule has 1 rings (SSSR count). The smallest absolute Gasteiger partial charge is 0.133 e. The number of halogens is 2. The van der Waals surface area contributed by atoms with Gasteiger partial charge in [0.15, 0.2) is 0 Å². The zero-order chi connectivity index (χ0) is 11.4. The molecule has 0 aliphatic heterocycles. The van der Waals surface area contributed by atoms with Gasteiger partial charge in [0.05, 0.1) is 5.56 Å². The lowest BCUT2D eigenvalue weighted by Gasteiger charge is -2.04. The summed E-state index contributed by atoms with van der Waals surface area (Å²) in [5.74, 6) is -1.56. The van der Waals surface area contributed by atoms with Crippen molar-refractivity contribution >= 4 is 5.57 Å². The Hall–Kier alpha value is -2.20. The highest BCUT2D eigenvalue weighted by Crippen LogP contribution is 2.23. The number of hydrogen-bond donors (Lipinski definition) is 0. The van der Waals surface area contributed by atoms with Gasteiger partial charge in [0.1, 0.15) is 29.3 Å². The van der Waals surface area contributed by atoms with Gasteiger partial charge in [-0.2, -0.15) is 10.5 Å². The Morgan fingerprint density at radius 3 is 2.00 bits per heavy atom. The Morgan fingerprint density at radius 2 is 1.60 bits per heavy atom. The molecule has 1 aromatic carbocycles. The standard InChI is InChI=1S/C11H6F2N2/c1-7(8(5-14)6-15)11-9(12)3-2-4-10(11)13/h2-4H,1H3. The zero-order valence-corrected chi connectivity index (χ0v) is 7.88. The molecule has 0 saturated heterocycles. The monoisotopic (exact) mass is 204 g/mol. The van der Waals surface area contributed by atoms with Crippen molar-refractivity contribution in [3.8, 4) is 12.1 Å². The first kappa shape index (κ1) is 10.9. The molecule has 15 heavy (non-hydrogen) atoms. The summed E-state index contributed by atoms with van der Waals surface area (Å²) >= 11 is 0. The van der Waals surface area contributed by atoms with Crippen LogP contribution < -0.4 is 0 Å². The molecule has 2 nitrogen and oxygen atoms in total. The SMILES string of the molecule is CC(=C(C#N)C#N)c1c(F)cccc1F. The molecule has 0 fully saturated rings. The molecule has 0 aliphatic carbocycles. The van der Waals surface area contributed by atoms with Crippen LogP contribution in [0.3, 0.4) is 0 Å². The fourth-order valence-corrected chi connectivity index (χ4v) is 1.17. The molecule has 0 radical (unpaired) electrons. The lowest BCUT2D eigenvalue weighted by atomic mass is 10.0. The van der Waals surface area contributed by atoms with Gasteiger partial charge < -0.3 is 0 Å². The molecule has 0 aromatic heterocycles. The van der Waals surface area contributed by atoms with Crippen molar-refractivity contribution in [1.29, 1.82) is 10.5 Å². The highest BCUT2D eigenvalue weighted by Gasteiger charge is 2.13. The number of hydrogen-bond acceptors (Lipinski definition) is 2. The van der Waals surface area contributed by atoms with Crippen LogP contribution in [0.25, 0.3) is 5.57 Å². The van der Waals surface area contributed by atoms with E-state index >= 15 is 0 Å². The number of rotatable bonds is 1. The highest BCUT2D eigenvalue weighted by molar-refractivity contribution is 5.74. The van der Waals surface area contributed by atoms with Gasteiger partial charge in [-0.25, -0.2) is 8.78 Å². The van der Waals surface area contributed by atoms with E-state index in [1.807, 2.05) is 0 Å². The van der Waals surface area contributed by atoms with Gasteiger partial charge in [0, 0.05) is 0 Å². The lowest BCUT2D eigenvalue weighted by molar-refractivity contribution is 0.577. The van der Waals surface area contributed by atoms with E-state index in [-0.39, 0.29) is 16.7 Å². The average molecular weight is 204 g/mol. The lowest BCUT2D eigenvalue weighted by Crippen LogP contribution is -1.94. The molecule has 0 unspecified atom stereocenters. The Kier molecular flexibility index (Phi) is 3.15. The second-order valence-corrected chi connectivity index (χ2v) is 2.82. The van der Waals surface area contributed by atoms with Crippen LogP contribution in [0.4, 0.5) is 8.78 Å². The highest BCUT2D eigenvalue weighted by atomic mass is 19.1. The third kappa shape index (κ3) is 2.00. The summed E-state index contributed by atoms with van der Waals surface area (Å²) in [6.07, 6.45) is 0. The molecule has 0 bridgehead atoms. The number of benzene rings is 1. The van der Waals surface area contributed by atoms with Crippen molar-refractivity contribution in [1.82, 2.24) is 0 Å². The Labute approximate surface area is 85.7 Å². The van der Waals surface area contributed by atoms with Crippen LogP contribution in [0.5, 0.6) is 0 Å². The van der Waals surface area contributed by atoms with Crippen LogP contribution in [0.2, 0.25) is 0 Å². The second kappa shape index (κ2) is 4.34. The normalized spacial score (nSPS) is 8.87. The van der Waals surface area contributed by atoms with Crippen LogP contribution >= 0.6 is 0 Å². The van der Waals surface area contributed by atoms with Gasteiger partial charge in [0.25, 0.3) is 0 Å². The van der Waals surface area contributed by atoms with Crippen LogP contribution in [0.15, 0.2) is 23.8 Å². The summed E-state index contributed by atoms with van der Waals surface area (Å²) in [5, 5.41) is 17.1. The van der Waals surface area contributed by atoms with Gasteiger partial charge in [-0.05, 0) is 24.6 Å². The van der Waals surface area contributed by atoms with Crippen LogP contribution in [-0.4, -0.2) is 0 Å². The quantitative estimate of drug-likeness (QED) is 0.660. The molecule has 0 aliphatic rings. The van der Waals surface area contributed by atoms with Crippen molar-refractivity contribution in [3.63, 3.8) is 0 Å². The summed E-state index contributed by atoms with van der Waals surface area (Å²) in [7, 11) is 0. The maximum absolute atomic E-state index is 13.2. The minimum absolute atomic E-state index is 0.00981. The van der Waals surface area contributed by atoms with E-state index in [0.29, 0.717) is 0 Å². The minimum atomic E-state index is -0.782. The molecule has 0 saturated carbocycles. The van der Waals surface area contributed by atoms with Gasteiger partial charge in [0.2, 0.25) is 0 Å². The predicted molar refractivity (Wildman–Crippen MR) is 50.2 cm³/mol. The first-order chi connectivity index (χ1) is 7.11. The second-order valence-electron chi connectivity index (χ2n) is 2.82. The average Bonchev–Trinajstić information content (AvgIpc) is 2.19. The van der Waals surface area contributed by atoms with Gasteiger partial charge in [-0.1, -0.05) is 6.07 Å². The van der Waals surface area contributed by atoms with Gasteiger partial charge in [-0.15, -0.1) is 0 Å². The van der Waals surface area contributed by atoms with Gasteiger partial charge in [-0.3, -0.25) is 0 Å². The first-order valence-corrected chi connectivity index (χ1v) is 4.07. The Morgan fingerprint density at radius 1 is 1.13 bits per heavy atom. The summed E-state index contributed by atoms with van der Waals surface area (Å²) < 4.78 is 26.5. The predicted octanol–water partition coefficient (Wildman–Crippen LogP) is 2.79. The molecular formula is C11H6F2N2. The third-order valence-electron chi connectivity index (χ3n) is 1.94. The van der Waals surface area contributed by atoms with Gasteiger partial charge >= 0.3 is 0 Å². The number of nitrogens with zero attached hydrogens (tertiary/aromatic N) is 2. The van der Waals surface area contributed by atoms with E-state index < -0.39 is 11.6 Å². The van der Waals surface area contributed by atoms with Crippen molar-refractivity contribution < 1.29 is 8.78 Å². The summed E-state index contributed by atoms with van der Waals surface area (Å²) in [6.45, 7) is 1.34. The zero-order valence-electron chi connectivity index (χ0n) is 7.88. The molecule has 0 N–H and O–H groups in total. The van der Waals surface area contributed by atoms with Crippen molar-refractivity contribution in [2.75, 3.05) is 0 Å². The molecular weight excluding hydrogens is 198 g/mol. The summed E-state index contributed by atoms with van der Waals surface area (Å²) in [6, 6.07) is 6.56. The van der Waals surface area contributed by atoms with E-state index in [2.05, 4.69) is 0 Å². The van der Waals surface area contributed by atoms with E-state index in [0.717, 1.165) is 12.1 Å². The largest absolute Gasteiger partial charge is 0.206 e. The summed E-state index contributed by atoms with van der Waals surface area (Å²) in [5.41, 5.74) is -0.606. The van der Waals surface area contributed by atoms with E-state index in [1.54, 1.807) is 12.1 Å². The van der Waals surface area contributed by atoms with Crippen molar-refractivity contribution in [2.45, 2.75) is 6.92 Å². The topological polar surface area (TPSA) is 47.6 Å². The maximum atomic E-state index is 13.2. The molecule has 74 valence electrons. The molecule has 0 spiro atoms. The Balaban J connectivity index is 3.50. The van der Waals surface area contributed by atoms with E-state index in [9.17, 15) is 8.78 Å². The fraction of sp³-hybridized carbons (Fsp3) is 0.0909. The van der Waals surface area contributed by atoms with Crippen LogP contribution in [-0.2, 0) is 0 Å². The van der Waals surface area contributed by atoms with E-state index in [4.69, 9.17) is 10.5 Å².